The van der Waals surface area contributed by atoms with Gasteiger partial charge in [-0.25, -0.2) is 13.8 Å². The molecular weight excluding hydrogens is 518 g/mol. The summed E-state index contributed by atoms with van der Waals surface area (Å²) in [7, 11) is 3.34. The lowest BCUT2D eigenvalue weighted by molar-refractivity contribution is -0.0987. The summed E-state index contributed by atoms with van der Waals surface area (Å²) in [5.74, 6) is -1.12. The summed E-state index contributed by atoms with van der Waals surface area (Å²) in [6.07, 6.45) is 6.66. The number of halogens is 2. The predicted molar refractivity (Wildman–Crippen MR) is 151 cm³/mol. The number of hydrogen-bond donors (Lipinski definition) is 2. The van der Waals surface area contributed by atoms with E-state index in [1.807, 2.05) is 64.8 Å². The number of anilines is 1. The molecule has 0 fully saturated rings. The smallest absolute Gasteiger partial charge is 0.218 e. The summed E-state index contributed by atoms with van der Waals surface area (Å²) >= 11 is 0. The van der Waals surface area contributed by atoms with Crippen molar-refractivity contribution in [3.05, 3.63) is 89.2 Å². The lowest BCUT2D eigenvalue weighted by Crippen LogP contribution is -2.23. The summed E-state index contributed by atoms with van der Waals surface area (Å²) in [5.41, 5.74) is 6.84. The third-order valence-electron chi connectivity index (χ3n) is 5.41. The van der Waals surface area contributed by atoms with Crippen molar-refractivity contribution >= 4 is 24.8 Å². The van der Waals surface area contributed by atoms with Gasteiger partial charge in [0.15, 0.2) is 5.82 Å². The van der Waals surface area contributed by atoms with Crippen LogP contribution in [0.15, 0.2) is 60.7 Å². The standard InChI is InChI=1S/C25H22F2N6O.C2H6.2CH2O/c1-15(21-8-9-33(2)32-21)20-6-4-17(13-29-20)23-19(26)5-7-22(24(23)27)30-14-18-10-16(11-28)12-31-25(18)34-3;3*1-2/h4-10,12-13,30,32H,14H2,1-3H3;1-2H3;2*1H2/b21-15+;;;. The molecule has 11 heteroatoms. The minimum absolute atomic E-state index is 0.103. The average Bonchev–Trinajstić information content (AvgIpc) is 3.45. The van der Waals surface area contributed by atoms with Crippen LogP contribution in [0.4, 0.5) is 14.5 Å². The van der Waals surface area contributed by atoms with Crippen LogP contribution in [0.25, 0.3) is 16.7 Å². The highest BCUT2D eigenvalue weighted by Gasteiger charge is 2.17. The van der Waals surface area contributed by atoms with Gasteiger partial charge in [-0.3, -0.25) is 15.4 Å². The van der Waals surface area contributed by atoms with E-state index in [9.17, 15) is 4.39 Å². The maximum atomic E-state index is 15.3. The van der Waals surface area contributed by atoms with Crippen molar-refractivity contribution in [2.45, 2.75) is 27.3 Å². The number of methoxy groups -OCH3 is 1. The number of nitrogens with zero attached hydrogens (tertiary/aromatic N) is 4. The zero-order chi connectivity index (χ0) is 30.2. The van der Waals surface area contributed by atoms with Gasteiger partial charge in [-0.05, 0) is 42.8 Å². The van der Waals surface area contributed by atoms with E-state index in [2.05, 4.69) is 20.7 Å². The van der Waals surface area contributed by atoms with Gasteiger partial charge in [-0.1, -0.05) is 19.9 Å². The van der Waals surface area contributed by atoms with Crippen molar-refractivity contribution in [2.75, 3.05) is 19.5 Å². The third-order valence-corrected chi connectivity index (χ3v) is 5.41. The van der Waals surface area contributed by atoms with E-state index >= 15 is 4.39 Å². The van der Waals surface area contributed by atoms with Gasteiger partial charge in [0.2, 0.25) is 5.88 Å². The molecule has 1 aliphatic rings. The highest BCUT2D eigenvalue weighted by atomic mass is 19.1. The lowest BCUT2D eigenvalue weighted by Gasteiger charge is -2.14. The fourth-order valence-corrected chi connectivity index (χ4v) is 3.57. The van der Waals surface area contributed by atoms with Crippen LogP contribution in [0.5, 0.6) is 5.88 Å². The number of hydrogen-bond acceptors (Lipinski definition) is 9. The van der Waals surface area contributed by atoms with Crippen molar-refractivity contribution in [1.29, 1.82) is 5.26 Å². The van der Waals surface area contributed by atoms with E-state index in [0.717, 1.165) is 11.3 Å². The molecule has 2 aromatic heterocycles. The number of nitriles is 1. The number of hydrazine groups is 1. The minimum atomic E-state index is -0.741. The van der Waals surface area contributed by atoms with Crippen LogP contribution in [0.1, 0.15) is 37.6 Å². The number of carbonyl (C=O) groups excluding carboxylic acids is 2. The number of nitrogens with one attached hydrogen (secondary N) is 2. The van der Waals surface area contributed by atoms with Crippen molar-refractivity contribution in [1.82, 2.24) is 20.4 Å². The van der Waals surface area contributed by atoms with Crippen LogP contribution in [0, 0.1) is 23.0 Å². The molecule has 4 rings (SSSR count). The van der Waals surface area contributed by atoms with Crippen LogP contribution in [-0.4, -0.2) is 42.7 Å². The highest BCUT2D eigenvalue weighted by Crippen LogP contribution is 2.32. The third kappa shape index (κ3) is 7.94. The Kier molecular flexibility index (Phi) is 13.7. The average molecular weight is 551 g/mol. The Morgan fingerprint density at radius 2 is 1.82 bits per heavy atom. The molecule has 0 aliphatic carbocycles. The van der Waals surface area contributed by atoms with Gasteiger partial charge in [0.25, 0.3) is 0 Å². The zero-order valence-electron chi connectivity index (χ0n) is 23.1. The molecule has 0 bridgehead atoms. The number of aromatic nitrogens is 2. The van der Waals surface area contributed by atoms with Crippen LogP contribution in [-0.2, 0) is 16.1 Å². The summed E-state index contributed by atoms with van der Waals surface area (Å²) in [5, 5.41) is 13.9. The fourth-order valence-electron chi connectivity index (χ4n) is 3.57. The molecule has 0 saturated carbocycles. The largest absolute Gasteiger partial charge is 0.481 e. The van der Waals surface area contributed by atoms with Crippen molar-refractivity contribution in [2.24, 2.45) is 0 Å². The predicted octanol–water partition coefficient (Wildman–Crippen LogP) is 5.27. The molecule has 1 aromatic carbocycles. The van der Waals surface area contributed by atoms with Gasteiger partial charge in [0.05, 0.1) is 35.3 Å². The van der Waals surface area contributed by atoms with Gasteiger partial charge >= 0.3 is 0 Å². The van der Waals surface area contributed by atoms with Gasteiger partial charge in [-0.15, -0.1) is 0 Å². The number of pyridine rings is 2. The van der Waals surface area contributed by atoms with Crippen LogP contribution in [0.3, 0.4) is 0 Å². The zero-order valence-corrected chi connectivity index (χ0v) is 23.1. The molecule has 0 atom stereocenters. The van der Waals surface area contributed by atoms with Crippen LogP contribution in [0.2, 0.25) is 0 Å². The van der Waals surface area contributed by atoms with E-state index in [1.54, 1.807) is 18.2 Å². The molecule has 1 aliphatic heterocycles. The van der Waals surface area contributed by atoms with E-state index < -0.39 is 11.6 Å². The Bertz CT molecular complexity index is 1370. The molecule has 0 radical (unpaired) electrons. The molecule has 40 heavy (non-hydrogen) atoms. The first-order valence-electron chi connectivity index (χ1n) is 12.0. The first-order valence-corrected chi connectivity index (χ1v) is 12.0. The SMILES string of the molecule is C=O.C=O.CC.COc1ncc(C#N)cc1CNc1ccc(F)c(-c2ccc(/C(C)=C3\C=CN(C)N3)nc2)c1F. The number of benzene rings is 1. The van der Waals surface area contributed by atoms with Crippen LogP contribution < -0.4 is 15.5 Å². The minimum Gasteiger partial charge on any atom is -0.481 e. The highest BCUT2D eigenvalue weighted by molar-refractivity contribution is 5.72. The first kappa shape index (κ1) is 32.9. The number of carbonyl (C=O) groups is 2. The Morgan fingerprint density at radius 3 is 2.38 bits per heavy atom. The van der Waals surface area contributed by atoms with Crippen molar-refractivity contribution in [3.8, 4) is 23.1 Å². The lowest BCUT2D eigenvalue weighted by atomic mass is 10.0. The molecule has 0 spiro atoms. The van der Waals surface area contributed by atoms with Gasteiger partial charge in [0.1, 0.15) is 25.5 Å². The van der Waals surface area contributed by atoms with Crippen molar-refractivity contribution in [3.63, 3.8) is 0 Å². The van der Waals surface area contributed by atoms with E-state index in [1.165, 1.54) is 31.6 Å². The Morgan fingerprint density at radius 1 is 1.12 bits per heavy atom. The maximum Gasteiger partial charge on any atom is 0.218 e. The number of rotatable bonds is 6. The normalized spacial score (nSPS) is 12.2. The molecule has 3 aromatic rings. The summed E-state index contributed by atoms with van der Waals surface area (Å²) in [6.45, 7) is 10.1. The van der Waals surface area contributed by atoms with E-state index in [4.69, 9.17) is 19.6 Å². The number of ether oxygens (including phenoxy) is 1. The maximum absolute atomic E-state index is 15.3. The number of allylic oxidation sites excluding steroid dienone is 2. The van der Waals surface area contributed by atoms with Crippen molar-refractivity contribution < 1.29 is 23.1 Å². The second kappa shape index (κ2) is 16.7. The molecule has 210 valence electrons. The molecule has 3 heterocycles. The second-order valence-corrected chi connectivity index (χ2v) is 7.65. The molecule has 2 N–H and O–H groups in total. The van der Waals surface area contributed by atoms with Crippen LogP contribution >= 0.6 is 0 Å². The van der Waals surface area contributed by atoms with E-state index in [0.29, 0.717) is 28.3 Å². The Hall–Kier alpha value is -5.11. The monoisotopic (exact) mass is 550 g/mol. The van der Waals surface area contributed by atoms with E-state index in [-0.39, 0.29) is 17.8 Å². The molecule has 0 unspecified atom stereocenters. The van der Waals surface area contributed by atoms with Gasteiger partial charge in [-0.2, -0.15) is 5.26 Å². The summed E-state index contributed by atoms with van der Waals surface area (Å²) < 4.78 is 35.2. The summed E-state index contributed by atoms with van der Waals surface area (Å²) in [4.78, 5) is 24.5. The fraction of sp³-hybridized carbons (Fsp3) is 0.207. The Labute approximate surface area is 232 Å². The first-order chi connectivity index (χ1) is 19.4. The summed E-state index contributed by atoms with van der Waals surface area (Å²) in [6, 6.07) is 9.51. The van der Waals surface area contributed by atoms with Gasteiger partial charge in [0, 0.05) is 43.3 Å². The second-order valence-electron chi connectivity index (χ2n) is 7.65. The molecular formula is C29H32F2N6O3. The molecule has 0 amide bonds. The topological polar surface area (TPSA) is 120 Å². The molecule has 9 nitrogen and oxygen atoms in total. The quantitative estimate of drug-likeness (QED) is 0.423. The molecule has 0 saturated heterocycles. The van der Waals surface area contributed by atoms with Gasteiger partial charge < -0.3 is 19.6 Å². The Balaban J connectivity index is 0.00000125.